The molecule has 1 fully saturated rings. The van der Waals surface area contributed by atoms with Crippen molar-refractivity contribution in [2.24, 2.45) is 0 Å². The zero-order valence-corrected chi connectivity index (χ0v) is 16.4. The lowest BCUT2D eigenvalue weighted by molar-refractivity contribution is -0.384. The van der Waals surface area contributed by atoms with Gasteiger partial charge < -0.3 is 10.1 Å². The number of hydrogen-bond acceptors (Lipinski definition) is 6. The third-order valence-electron chi connectivity index (χ3n) is 4.55. The first-order valence-electron chi connectivity index (χ1n) is 8.86. The molecule has 0 atom stereocenters. The Hall–Kier alpha value is -2.70. The molecule has 2 aromatic carbocycles. The highest BCUT2D eigenvalue weighted by atomic mass is 32.2. The summed E-state index contributed by atoms with van der Waals surface area (Å²) in [6, 6.07) is 8.25. The Morgan fingerprint density at radius 1 is 1.13 bits per heavy atom. The van der Waals surface area contributed by atoms with E-state index in [1.807, 2.05) is 0 Å². The van der Waals surface area contributed by atoms with E-state index < -0.39 is 32.4 Å². The van der Waals surface area contributed by atoms with Gasteiger partial charge in [-0.2, -0.15) is 17.5 Å². The number of halogens is 3. The molecule has 0 saturated carbocycles. The molecule has 1 aliphatic heterocycles. The molecule has 0 aromatic heterocycles. The quantitative estimate of drug-likeness (QED) is 0.541. The van der Waals surface area contributed by atoms with Crippen molar-refractivity contribution >= 4 is 21.4 Å². The fourth-order valence-electron chi connectivity index (χ4n) is 3.03. The van der Waals surface area contributed by atoms with Gasteiger partial charge >= 0.3 is 6.18 Å². The summed E-state index contributed by atoms with van der Waals surface area (Å²) in [6.07, 6.45) is -4.72. The molecule has 30 heavy (non-hydrogen) atoms. The van der Waals surface area contributed by atoms with Crippen molar-refractivity contribution in [3.05, 3.63) is 63.7 Å². The van der Waals surface area contributed by atoms with Gasteiger partial charge in [0.15, 0.2) is 0 Å². The highest BCUT2D eigenvalue weighted by Gasteiger charge is 2.33. The van der Waals surface area contributed by atoms with Crippen LogP contribution in [-0.2, 0) is 27.5 Å². The molecule has 8 nitrogen and oxygen atoms in total. The van der Waals surface area contributed by atoms with Crippen molar-refractivity contribution in [1.82, 2.24) is 4.31 Å². The van der Waals surface area contributed by atoms with Crippen LogP contribution in [0.5, 0.6) is 0 Å². The second kappa shape index (κ2) is 8.58. The van der Waals surface area contributed by atoms with E-state index >= 15 is 0 Å². The fourth-order valence-corrected chi connectivity index (χ4v) is 4.66. The summed E-state index contributed by atoms with van der Waals surface area (Å²) in [4.78, 5) is 10.3. The summed E-state index contributed by atoms with van der Waals surface area (Å²) in [6.45, 7) is 0.823. The van der Waals surface area contributed by atoms with Crippen LogP contribution in [0.4, 0.5) is 24.5 Å². The third-order valence-corrected chi connectivity index (χ3v) is 6.55. The minimum absolute atomic E-state index is 0.0222. The minimum atomic E-state index is -4.72. The van der Waals surface area contributed by atoms with E-state index in [9.17, 15) is 31.7 Å². The molecule has 0 amide bonds. The Kier molecular flexibility index (Phi) is 6.29. The van der Waals surface area contributed by atoms with E-state index in [4.69, 9.17) is 4.74 Å². The Balaban J connectivity index is 1.88. The summed E-state index contributed by atoms with van der Waals surface area (Å²) >= 11 is 0. The van der Waals surface area contributed by atoms with Gasteiger partial charge in [0, 0.05) is 25.7 Å². The van der Waals surface area contributed by atoms with Crippen molar-refractivity contribution in [2.45, 2.75) is 17.6 Å². The van der Waals surface area contributed by atoms with E-state index in [0.717, 1.165) is 12.1 Å². The van der Waals surface area contributed by atoms with Crippen molar-refractivity contribution in [1.29, 1.82) is 0 Å². The van der Waals surface area contributed by atoms with Gasteiger partial charge in [-0.15, -0.1) is 0 Å². The van der Waals surface area contributed by atoms with Gasteiger partial charge in [-0.3, -0.25) is 10.1 Å². The van der Waals surface area contributed by atoms with Crippen LogP contribution in [0, 0.1) is 10.1 Å². The average molecular weight is 445 g/mol. The number of hydrogen-bond donors (Lipinski definition) is 1. The summed E-state index contributed by atoms with van der Waals surface area (Å²) in [7, 11) is -3.82. The predicted molar refractivity (Wildman–Crippen MR) is 101 cm³/mol. The number of sulfonamides is 1. The topological polar surface area (TPSA) is 102 Å². The van der Waals surface area contributed by atoms with Crippen molar-refractivity contribution in [3.63, 3.8) is 0 Å². The molecular formula is C18H18F3N3O5S. The molecule has 12 heteroatoms. The number of nitro benzene ring substituents is 1. The van der Waals surface area contributed by atoms with Crippen molar-refractivity contribution in [2.75, 3.05) is 31.6 Å². The molecule has 2 aromatic rings. The van der Waals surface area contributed by atoms with Crippen molar-refractivity contribution < 1.29 is 31.2 Å². The first-order valence-corrected chi connectivity index (χ1v) is 10.3. The first-order chi connectivity index (χ1) is 14.1. The van der Waals surface area contributed by atoms with Gasteiger partial charge in [0.2, 0.25) is 10.0 Å². The van der Waals surface area contributed by atoms with E-state index in [1.54, 1.807) is 12.1 Å². The number of alkyl halides is 3. The Labute approximate surface area is 170 Å². The first kappa shape index (κ1) is 22.0. The van der Waals surface area contributed by atoms with Crippen LogP contribution in [0.15, 0.2) is 47.4 Å². The molecule has 1 heterocycles. The smallest absolute Gasteiger partial charge is 0.379 e. The molecule has 1 aliphatic rings. The van der Waals surface area contributed by atoms with E-state index in [0.29, 0.717) is 11.6 Å². The number of benzene rings is 2. The van der Waals surface area contributed by atoms with Crippen LogP contribution in [-0.4, -0.2) is 43.9 Å². The van der Waals surface area contributed by atoms with Crippen LogP contribution in [0.3, 0.4) is 0 Å². The van der Waals surface area contributed by atoms with Gasteiger partial charge in [-0.25, -0.2) is 8.42 Å². The van der Waals surface area contributed by atoms with E-state index in [1.165, 1.54) is 16.4 Å². The van der Waals surface area contributed by atoms with Gasteiger partial charge in [-0.05, 0) is 23.8 Å². The Morgan fingerprint density at radius 3 is 2.43 bits per heavy atom. The second-order valence-corrected chi connectivity index (χ2v) is 8.37. The third kappa shape index (κ3) is 4.71. The molecular weight excluding hydrogens is 427 g/mol. The highest BCUT2D eigenvalue weighted by molar-refractivity contribution is 7.89. The summed E-state index contributed by atoms with van der Waals surface area (Å²) in [5, 5.41) is 13.9. The number of nitrogens with zero attached hydrogens (tertiary/aromatic N) is 2. The summed E-state index contributed by atoms with van der Waals surface area (Å²) in [5.41, 5.74) is -1.71. The molecule has 0 unspecified atom stereocenters. The Morgan fingerprint density at radius 2 is 1.80 bits per heavy atom. The van der Waals surface area contributed by atoms with Crippen LogP contribution in [0.1, 0.15) is 11.1 Å². The van der Waals surface area contributed by atoms with Gasteiger partial charge in [0.1, 0.15) is 5.69 Å². The molecule has 0 bridgehead atoms. The lowest BCUT2D eigenvalue weighted by Crippen LogP contribution is -2.41. The SMILES string of the molecule is O=[N+]([O-])c1cc(C(F)(F)F)ccc1NCc1ccccc1S(=O)(=O)N1CCOCC1. The largest absolute Gasteiger partial charge is 0.416 e. The lowest BCUT2D eigenvalue weighted by Gasteiger charge is -2.27. The lowest BCUT2D eigenvalue weighted by atomic mass is 10.1. The maximum atomic E-state index is 13.0. The van der Waals surface area contributed by atoms with Gasteiger partial charge in [0.05, 0.1) is 28.6 Å². The molecule has 1 N–H and O–H groups in total. The molecule has 162 valence electrons. The van der Waals surface area contributed by atoms with Crippen LogP contribution < -0.4 is 5.32 Å². The number of rotatable bonds is 6. The van der Waals surface area contributed by atoms with Crippen molar-refractivity contribution in [3.8, 4) is 0 Å². The monoisotopic (exact) mass is 445 g/mol. The molecule has 0 radical (unpaired) electrons. The van der Waals surface area contributed by atoms with Gasteiger partial charge in [-0.1, -0.05) is 18.2 Å². The van der Waals surface area contributed by atoms with E-state index in [-0.39, 0.29) is 43.4 Å². The zero-order valence-electron chi connectivity index (χ0n) is 15.6. The number of ether oxygens (including phenoxy) is 1. The van der Waals surface area contributed by atoms with Crippen LogP contribution in [0.2, 0.25) is 0 Å². The molecule has 3 rings (SSSR count). The fraction of sp³-hybridized carbons (Fsp3) is 0.333. The van der Waals surface area contributed by atoms with Crippen LogP contribution >= 0.6 is 0 Å². The standard InChI is InChI=1S/C18H18F3N3O5S/c19-18(20,21)14-5-6-15(16(11-14)24(25)26)22-12-13-3-1-2-4-17(13)30(27,28)23-7-9-29-10-8-23/h1-6,11,22H,7-10,12H2. The number of anilines is 1. The number of nitro groups is 1. The summed E-state index contributed by atoms with van der Waals surface area (Å²) in [5.74, 6) is 0. The van der Waals surface area contributed by atoms with E-state index in [2.05, 4.69) is 5.32 Å². The molecule has 0 spiro atoms. The molecule has 1 saturated heterocycles. The minimum Gasteiger partial charge on any atom is -0.379 e. The van der Waals surface area contributed by atoms with Gasteiger partial charge in [0.25, 0.3) is 5.69 Å². The second-order valence-electron chi connectivity index (χ2n) is 6.46. The predicted octanol–water partition coefficient (Wildman–Crippen LogP) is 3.25. The summed E-state index contributed by atoms with van der Waals surface area (Å²) < 4.78 is 70.9. The average Bonchev–Trinajstić information content (AvgIpc) is 2.72. The zero-order chi connectivity index (χ0) is 21.9. The molecule has 0 aliphatic carbocycles. The highest BCUT2D eigenvalue weighted by Crippen LogP contribution is 2.35. The Bertz CT molecular complexity index is 1040. The maximum absolute atomic E-state index is 13.0. The van der Waals surface area contributed by atoms with Crippen LogP contribution in [0.25, 0.3) is 0 Å². The maximum Gasteiger partial charge on any atom is 0.416 e. The number of morpholine rings is 1. The normalized spacial score (nSPS) is 15.7. The number of nitrogens with one attached hydrogen (secondary N) is 1.